The van der Waals surface area contributed by atoms with E-state index >= 15 is 0 Å². The molecule has 0 aliphatic rings. The standard InChI is InChI=1S/C17H19ClN2O/c1-12(14-8-10-15(18)11-9-14)19-13(2)17(21)20-16-6-4-3-5-7-16/h3-13,19H,1-2H3,(H,20,21)/t12-,13?/m1/s1. The molecule has 0 radical (unpaired) electrons. The monoisotopic (exact) mass is 302 g/mol. The molecule has 0 aliphatic heterocycles. The van der Waals surface area contributed by atoms with Crippen LogP contribution >= 0.6 is 11.6 Å². The van der Waals surface area contributed by atoms with Crippen LogP contribution in [0.2, 0.25) is 5.02 Å². The lowest BCUT2D eigenvalue weighted by atomic mass is 10.1. The van der Waals surface area contributed by atoms with Crippen molar-refractivity contribution in [2.45, 2.75) is 25.9 Å². The summed E-state index contributed by atoms with van der Waals surface area (Å²) in [4.78, 5) is 12.1. The van der Waals surface area contributed by atoms with E-state index in [-0.39, 0.29) is 18.0 Å². The first-order valence-corrected chi connectivity index (χ1v) is 7.31. The minimum absolute atomic E-state index is 0.0537. The lowest BCUT2D eigenvalue weighted by Gasteiger charge is -2.20. The zero-order valence-electron chi connectivity index (χ0n) is 12.1. The molecule has 0 bridgehead atoms. The first-order chi connectivity index (χ1) is 10.1. The Morgan fingerprint density at radius 2 is 1.62 bits per heavy atom. The number of rotatable bonds is 5. The fourth-order valence-corrected chi connectivity index (χ4v) is 2.20. The Labute approximate surface area is 130 Å². The van der Waals surface area contributed by atoms with Gasteiger partial charge < -0.3 is 5.32 Å². The molecule has 0 heterocycles. The van der Waals surface area contributed by atoms with Crippen LogP contribution in [0.3, 0.4) is 0 Å². The Hall–Kier alpha value is -1.84. The fourth-order valence-electron chi connectivity index (χ4n) is 2.07. The third-order valence-electron chi connectivity index (χ3n) is 3.30. The molecule has 2 atom stereocenters. The number of carbonyl (C=O) groups excluding carboxylic acids is 1. The van der Waals surface area contributed by atoms with E-state index in [1.807, 2.05) is 68.4 Å². The van der Waals surface area contributed by atoms with E-state index in [4.69, 9.17) is 11.6 Å². The van der Waals surface area contributed by atoms with Gasteiger partial charge in [0.2, 0.25) is 5.91 Å². The van der Waals surface area contributed by atoms with Crippen LogP contribution in [0.5, 0.6) is 0 Å². The van der Waals surface area contributed by atoms with E-state index in [2.05, 4.69) is 10.6 Å². The number of halogens is 1. The molecule has 2 rings (SSSR count). The van der Waals surface area contributed by atoms with Crippen molar-refractivity contribution in [3.63, 3.8) is 0 Å². The predicted octanol–water partition coefficient (Wildman–Crippen LogP) is 4.02. The zero-order chi connectivity index (χ0) is 15.2. The minimum atomic E-state index is -0.295. The van der Waals surface area contributed by atoms with Gasteiger partial charge in [-0.25, -0.2) is 0 Å². The highest BCUT2D eigenvalue weighted by molar-refractivity contribution is 6.30. The highest BCUT2D eigenvalue weighted by atomic mass is 35.5. The SMILES string of the molecule is CC(N[C@H](C)c1ccc(Cl)cc1)C(=O)Nc1ccccc1. The third-order valence-corrected chi connectivity index (χ3v) is 3.56. The first kappa shape index (κ1) is 15.5. The summed E-state index contributed by atoms with van der Waals surface area (Å²) >= 11 is 5.88. The molecule has 2 N–H and O–H groups in total. The number of benzene rings is 2. The van der Waals surface area contributed by atoms with E-state index in [1.54, 1.807) is 0 Å². The molecule has 2 aromatic carbocycles. The topological polar surface area (TPSA) is 41.1 Å². The number of carbonyl (C=O) groups is 1. The molecule has 0 saturated heterocycles. The molecule has 1 unspecified atom stereocenters. The average Bonchev–Trinajstić information content (AvgIpc) is 2.48. The van der Waals surface area contributed by atoms with Crippen molar-refractivity contribution in [1.29, 1.82) is 0 Å². The molecule has 1 amide bonds. The highest BCUT2D eigenvalue weighted by Crippen LogP contribution is 2.16. The summed E-state index contributed by atoms with van der Waals surface area (Å²) in [6.07, 6.45) is 0. The number of hydrogen-bond acceptors (Lipinski definition) is 2. The summed E-state index contributed by atoms with van der Waals surface area (Å²) in [6, 6.07) is 16.8. The van der Waals surface area contributed by atoms with Gasteiger partial charge in [-0.2, -0.15) is 0 Å². The summed E-state index contributed by atoms with van der Waals surface area (Å²) in [5, 5.41) is 6.87. The molecule has 0 aromatic heterocycles. The largest absolute Gasteiger partial charge is 0.325 e. The van der Waals surface area contributed by atoms with Crippen molar-refractivity contribution in [2.24, 2.45) is 0 Å². The lowest BCUT2D eigenvalue weighted by molar-refractivity contribution is -0.117. The molecule has 3 nitrogen and oxygen atoms in total. The molecule has 110 valence electrons. The second-order valence-electron chi connectivity index (χ2n) is 5.02. The van der Waals surface area contributed by atoms with Gasteiger partial charge in [0, 0.05) is 16.8 Å². The molecule has 2 aromatic rings. The highest BCUT2D eigenvalue weighted by Gasteiger charge is 2.16. The summed E-state index contributed by atoms with van der Waals surface area (Å²) in [5.74, 6) is -0.0537. The molecule has 0 saturated carbocycles. The Morgan fingerprint density at radius 1 is 1.00 bits per heavy atom. The van der Waals surface area contributed by atoms with E-state index in [1.165, 1.54) is 0 Å². The number of anilines is 1. The number of nitrogens with one attached hydrogen (secondary N) is 2. The van der Waals surface area contributed by atoms with Crippen LogP contribution < -0.4 is 10.6 Å². The molecule has 0 aliphatic carbocycles. The van der Waals surface area contributed by atoms with E-state index in [9.17, 15) is 4.79 Å². The summed E-state index contributed by atoms with van der Waals surface area (Å²) in [5.41, 5.74) is 1.90. The van der Waals surface area contributed by atoms with E-state index in [0.29, 0.717) is 5.02 Å². The van der Waals surface area contributed by atoms with Gasteiger partial charge in [0.1, 0.15) is 0 Å². The van der Waals surface area contributed by atoms with Crippen molar-refractivity contribution in [3.8, 4) is 0 Å². The molecule has 4 heteroatoms. The van der Waals surface area contributed by atoms with Crippen LogP contribution in [0, 0.1) is 0 Å². The second-order valence-corrected chi connectivity index (χ2v) is 5.45. The Kier molecular flexibility index (Phi) is 5.37. The summed E-state index contributed by atoms with van der Waals surface area (Å²) < 4.78 is 0. The molecule has 0 fully saturated rings. The summed E-state index contributed by atoms with van der Waals surface area (Å²) in [7, 11) is 0. The number of hydrogen-bond donors (Lipinski definition) is 2. The van der Waals surface area contributed by atoms with Gasteiger partial charge in [0.25, 0.3) is 0 Å². The van der Waals surface area contributed by atoms with Gasteiger partial charge >= 0.3 is 0 Å². The summed E-state index contributed by atoms with van der Waals surface area (Å²) in [6.45, 7) is 3.88. The minimum Gasteiger partial charge on any atom is -0.325 e. The van der Waals surface area contributed by atoms with Crippen LogP contribution in [-0.4, -0.2) is 11.9 Å². The van der Waals surface area contributed by atoms with Gasteiger partial charge in [-0.05, 0) is 43.7 Å². The van der Waals surface area contributed by atoms with Crippen molar-refractivity contribution >= 4 is 23.2 Å². The predicted molar refractivity (Wildman–Crippen MR) is 87.5 cm³/mol. The van der Waals surface area contributed by atoms with Crippen LogP contribution in [-0.2, 0) is 4.79 Å². The maximum Gasteiger partial charge on any atom is 0.241 e. The van der Waals surface area contributed by atoms with Gasteiger partial charge in [-0.15, -0.1) is 0 Å². The normalized spacial score (nSPS) is 13.5. The molecule has 0 spiro atoms. The molecule has 21 heavy (non-hydrogen) atoms. The second kappa shape index (κ2) is 7.25. The van der Waals surface area contributed by atoms with E-state index < -0.39 is 0 Å². The Bertz CT molecular complexity index is 583. The fraction of sp³-hybridized carbons (Fsp3) is 0.235. The van der Waals surface area contributed by atoms with Crippen molar-refractivity contribution in [2.75, 3.05) is 5.32 Å². The van der Waals surface area contributed by atoms with Gasteiger partial charge in [0.05, 0.1) is 6.04 Å². The van der Waals surface area contributed by atoms with Crippen molar-refractivity contribution in [3.05, 3.63) is 65.2 Å². The molecular weight excluding hydrogens is 284 g/mol. The zero-order valence-corrected chi connectivity index (χ0v) is 12.9. The smallest absolute Gasteiger partial charge is 0.241 e. The van der Waals surface area contributed by atoms with Crippen LogP contribution in [0.1, 0.15) is 25.5 Å². The van der Waals surface area contributed by atoms with Crippen molar-refractivity contribution in [1.82, 2.24) is 5.32 Å². The Morgan fingerprint density at radius 3 is 2.24 bits per heavy atom. The van der Waals surface area contributed by atoms with Gasteiger partial charge in [-0.3, -0.25) is 10.1 Å². The lowest BCUT2D eigenvalue weighted by Crippen LogP contribution is -2.39. The van der Waals surface area contributed by atoms with Crippen LogP contribution in [0.15, 0.2) is 54.6 Å². The van der Waals surface area contributed by atoms with Crippen molar-refractivity contribution < 1.29 is 4.79 Å². The first-order valence-electron chi connectivity index (χ1n) is 6.93. The molecular formula is C17H19ClN2O. The Balaban J connectivity index is 1.92. The maximum absolute atomic E-state index is 12.1. The quantitative estimate of drug-likeness (QED) is 0.876. The van der Waals surface area contributed by atoms with Crippen LogP contribution in [0.4, 0.5) is 5.69 Å². The number of para-hydroxylation sites is 1. The maximum atomic E-state index is 12.1. The third kappa shape index (κ3) is 4.59. The number of amides is 1. The average molecular weight is 303 g/mol. The van der Waals surface area contributed by atoms with Gasteiger partial charge in [0.15, 0.2) is 0 Å². The van der Waals surface area contributed by atoms with Gasteiger partial charge in [-0.1, -0.05) is 41.9 Å². The van der Waals surface area contributed by atoms with E-state index in [0.717, 1.165) is 11.3 Å². The van der Waals surface area contributed by atoms with Crippen LogP contribution in [0.25, 0.3) is 0 Å².